The maximum absolute atomic E-state index is 5.95. The highest BCUT2D eigenvalue weighted by molar-refractivity contribution is 5.26. The van der Waals surface area contributed by atoms with Gasteiger partial charge in [0.2, 0.25) is 0 Å². The number of ether oxygens (including phenoxy) is 2. The lowest BCUT2D eigenvalue weighted by Crippen LogP contribution is -2.41. The molecule has 2 nitrogen and oxygen atoms in total. The molecule has 0 saturated carbocycles. The van der Waals surface area contributed by atoms with Gasteiger partial charge < -0.3 is 9.47 Å². The summed E-state index contributed by atoms with van der Waals surface area (Å²) >= 11 is 0. The summed E-state index contributed by atoms with van der Waals surface area (Å²) in [7, 11) is 0. The van der Waals surface area contributed by atoms with Gasteiger partial charge in [-0.2, -0.15) is 0 Å². The molecule has 0 aromatic heterocycles. The molecule has 0 aliphatic carbocycles. The van der Waals surface area contributed by atoms with Crippen molar-refractivity contribution < 1.29 is 9.47 Å². The van der Waals surface area contributed by atoms with Gasteiger partial charge >= 0.3 is 0 Å². The molecule has 1 saturated heterocycles. The van der Waals surface area contributed by atoms with E-state index in [1.165, 1.54) is 11.1 Å². The van der Waals surface area contributed by atoms with Crippen LogP contribution in [0.4, 0.5) is 0 Å². The third-order valence-corrected chi connectivity index (χ3v) is 3.19. The number of rotatable bonds is 1. The zero-order valence-electron chi connectivity index (χ0n) is 10.5. The first-order chi connectivity index (χ1) is 7.49. The second-order valence-corrected chi connectivity index (χ2v) is 4.93. The van der Waals surface area contributed by atoms with Crippen molar-refractivity contribution in [2.45, 2.75) is 52.1 Å². The number of aryl methyl sites for hydroxylation is 1. The molecule has 1 heterocycles. The number of benzene rings is 1. The van der Waals surface area contributed by atoms with Gasteiger partial charge in [-0.05, 0) is 33.3 Å². The Labute approximate surface area is 97.6 Å². The van der Waals surface area contributed by atoms with Crippen molar-refractivity contribution in [3.05, 3.63) is 35.4 Å². The minimum atomic E-state index is -0.217. The molecule has 0 bridgehead atoms. The fraction of sp³-hybridized carbons (Fsp3) is 0.571. The molecule has 0 radical (unpaired) electrons. The molecule has 2 rings (SSSR count). The Balaban J connectivity index is 2.26. The van der Waals surface area contributed by atoms with Gasteiger partial charge in [0, 0.05) is 6.42 Å². The smallest absolute Gasteiger partial charge is 0.156 e. The van der Waals surface area contributed by atoms with Crippen LogP contribution in [0.1, 0.15) is 38.3 Å². The van der Waals surface area contributed by atoms with Crippen molar-refractivity contribution in [1.29, 1.82) is 0 Å². The minimum Gasteiger partial charge on any atom is -0.350 e. The fourth-order valence-corrected chi connectivity index (χ4v) is 2.46. The number of hydrogen-bond acceptors (Lipinski definition) is 2. The van der Waals surface area contributed by atoms with E-state index in [0.717, 1.165) is 6.42 Å². The lowest BCUT2D eigenvalue weighted by atomic mass is 9.88. The molecule has 1 fully saturated rings. The van der Waals surface area contributed by atoms with Gasteiger partial charge in [-0.3, -0.25) is 0 Å². The van der Waals surface area contributed by atoms with Gasteiger partial charge in [0.15, 0.2) is 6.29 Å². The van der Waals surface area contributed by atoms with E-state index in [1.54, 1.807) is 0 Å². The summed E-state index contributed by atoms with van der Waals surface area (Å²) in [6.45, 7) is 8.31. The van der Waals surface area contributed by atoms with E-state index >= 15 is 0 Å². The largest absolute Gasteiger partial charge is 0.350 e. The average molecular weight is 220 g/mol. The second-order valence-electron chi connectivity index (χ2n) is 4.93. The highest BCUT2D eigenvalue weighted by Crippen LogP contribution is 2.36. The van der Waals surface area contributed by atoms with Crippen LogP contribution >= 0.6 is 0 Å². The normalized spacial score (nSPS) is 35.0. The fourth-order valence-electron chi connectivity index (χ4n) is 2.46. The Bertz CT molecular complexity index is 346. The molecular formula is C14H20O2. The van der Waals surface area contributed by atoms with Gasteiger partial charge in [-0.25, -0.2) is 0 Å². The quantitative estimate of drug-likeness (QED) is 0.722. The summed E-state index contributed by atoms with van der Waals surface area (Å²) in [5.41, 5.74) is 2.30. The Morgan fingerprint density at radius 1 is 1.19 bits per heavy atom. The van der Waals surface area contributed by atoms with Crippen LogP contribution in [0, 0.1) is 6.92 Å². The molecule has 0 N–H and O–H groups in total. The molecule has 0 spiro atoms. The standard InChI is InChI=1S/C14H20O2/c1-10-5-7-13(8-6-10)14(4)9-11(2)15-12(3)16-14/h5-8,11-12H,9H2,1-4H3. The lowest BCUT2D eigenvalue weighted by Gasteiger charge is -2.41. The molecule has 3 unspecified atom stereocenters. The van der Waals surface area contributed by atoms with Crippen molar-refractivity contribution in [3.8, 4) is 0 Å². The molecule has 3 atom stereocenters. The summed E-state index contributed by atoms with van der Waals surface area (Å²) < 4.78 is 11.6. The molecular weight excluding hydrogens is 200 g/mol. The van der Waals surface area contributed by atoms with Crippen molar-refractivity contribution in [1.82, 2.24) is 0 Å². The van der Waals surface area contributed by atoms with E-state index in [9.17, 15) is 0 Å². The summed E-state index contributed by atoms with van der Waals surface area (Å²) in [4.78, 5) is 0. The van der Waals surface area contributed by atoms with Gasteiger partial charge in [0.05, 0.1) is 11.7 Å². The maximum Gasteiger partial charge on any atom is 0.156 e. The minimum absolute atomic E-state index is 0.130. The zero-order valence-corrected chi connectivity index (χ0v) is 10.5. The maximum atomic E-state index is 5.95. The monoisotopic (exact) mass is 220 g/mol. The van der Waals surface area contributed by atoms with E-state index in [0.29, 0.717) is 0 Å². The number of hydrogen-bond donors (Lipinski definition) is 0. The first-order valence-corrected chi connectivity index (χ1v) is 5.90. The Morgan fingerprint density at radius 3 is 2.38 bits per heavy atom. The second kappa shape index (κ2) is 4.19. The van der Waals surface area contributed by atoms with Crippen LogP contribution < -0.4 is 0 Å². The molecule has 1 aliphatic heterocycles. The van der Waals surface area contributed by atoms with E-state index in [1.807, 2.05) is 6.92 Å². The highest BCUT2D eigenvalue weighted by atomic mass is 16.7. The van der Waals surface area contributed by atoms with Crippen LogP contribution in [-0.4, -0.2) is 12.4 Å². The summed E-state index contributed by atoms with van der Waals surface area (Å²) in [6, 6.07) is 8.57. The van der Waals surface area contributed by atoms with E-state index in [2.05, 4.69) is 45.0 Å². The van der Waals surface area contributed by atoms with Crippen LogP contribution in [0.3, 0.4) is 0 Å². The SMILES string of the molecule is Cc1ccc(C2(C)CC(C)OC(C)O2)cc1. The highest BCUT2D eigenvalue weighted by Gasteiger charge is 2.36. The molecule has 0 amide bonds. The van der Waals surface area contributed by atoms with Gasteiger partial charge in [0.25, 0.3) is 0 Å². The third-order valence-electron chi connectivity index (χ3n) is 3.19. The molecule has 88 valence electrons. The summed E-state index contributed by atoms with van der Waals surface area (Å²) in [6.07, 6.45) is 1.02. The van der Waals surface area contributed by atoms with Crippen LogP contribution in [0.25, 0.3) is 0 Å². The van der Waals surface area contributed by atoms with Crippen molar-refractivity contribution in [2.24, 2.45) is 0 Å². The molecule has 1 aromatic rings. The molecule has 1 aromatic carbocycles. The van der Waals surface area contributed by atoms with Crippen molar-refractivity contribution in [3.63, 3.8) is 0 Å². The Kier molecular flexibility index (Phi) is 3.04. The van der Waals surface area contributed by atoms with E-state index < -0.39 is 0 Å². The first kappa shape index (κ1) is 11.6. The summed E-state index contributed by atoms with van der Waals surface area (Å²) in [5, 5.41) is 0. The van der Waals surface area contributed by atoms with E-state index in [4.69, 9.17) is 9.47 Å². The van der Waals surface area contributed by atoms with Gasteiger partial charge in [-0.15, -0.1) is 0 Å². The predicted octanol–water partition coefficient (Wildman–Crippen LogP) is 3.38. The van der Waals surface area contributed by atoms with Crippen molar-refractivity contribution >= 4 is 0 Å². The topological polar surface area (TPSA) is 18.5 Å². The zero-order chi connectivity index (χ0) is 11.8. The molecule has 16 heavy (non-hydrogen) atoms. The predicted molar refractivity (Wildman–Crippen MR) is 64.2 cm³/mol. The first-order valence-electron chi connectivity index (χ1n) is 5.90. The average Bonchev–Trinajstić information content (AvgIpc) is 2.16. The Hall–Kier alpha value is -0.860. The van der Waals surface area contributed by atoms with Crippen LogP contribution in [0.5, 0.6) is 0 Å². The molecule has 2 heteroatoms. The van der Waals surface area contributed by atoms with Crippen molar-refractivity contribution in [2.75, 3.05) is 0 Å². The van der Waals surface area contributed by atoms with Crippen LogP contribution in [0.15, 0.2) is 24.3 Å². The van der Waals surface area contributed by atoms with Gasteiger partial charge in [-0.1, -0.05) is 29.8 Å². The van der Waals surface area contributed by atoms with Crippen LogP contribution in [0.2, 0.25) is 0 Å². The lowest BCUT2D eigenvalue weighted by molar-refractivity contribution is -0.270. The van der Waals surface area contributed by atoms with E-state index in [-0.39, 0.29) is 18.0 Å². The summed E-state index contributed by atoms with van der Waals surface area (Å²) in [5.74, 6) is 0. The Morgan fingerprint density at radius 2 is 1.81 bits per heavy atom. The van der Waals surface area contributed by atoms with Crippen LogP contribution in [-0.2, 0) is 15.1 Å². The molecule has 1 aliphatic rings. The third kappa shape index (κ3) is 2.28. The van der Waals surface area contributed by atoms with Gasteiger partial charge in [0.1, 0.15) is 0 Å².